The van der Waals surface area contributed by atoms with E-state index in [1.807, 2.05) is 0 Å². The van der Waals surface area contributed by atoms with E-state index in [4.69, 9.17) is 4.52 Å². The summed E-state index contributed by atoms with van der Waals surface area (Å²) < 4.78 is 4.74. The molecule has 3 unspecified atom stereocenters. The Bertz CT molecular complexity index is 368. The van der Waals surface area contributed by atoms with Crippen molar-refractivity contribution in [2.75, 3.05) is 6.54 Å². The van der Waals surface area contributed by atoms with Gasteiger partial charge in [-0.15, -0.1) is 0 Å². The van der Waals surface area contributed by atoms with E-state index in [1.54, 1.807) is 6.07 Å². The van der Waals surface area contributed by atoms with E-state index >= 15 is 0 Å². The van der Waals surface area contributed by atoms with Crippen LogP contribution in [0.25, 0.3) is 0 Å². The van der Waals surface area contributed by atoms with E-state index in [9.17, 15) is 4.79 Å². The summed E-state index contributed by atoms with van der Waals surface area (Å²) in [5, 5.41) is 10.3. The fraction of sp³-hybridized carbons (Fsp3) is 0.692. The second kappa shape index (κ2) is 6.00. The Balaban J connectivity index is 1.79. The minimum atomic E-state index is 0.0883. The van der Waals surface area contributed by atoms with Crippen molar-refractivity contribution in [3.8, 4) is 0 Å². The molecule has 0 saturated carbocycles. The van der Waals surface area contributed by atoms with Crippen molar-refractivity contribution in [2.45, 2.75) is 45.2 Å². The zero-order valence-corrected chi connectivity index (χ0v) is 11.0. The lowest BCUT2D eigenvalue weighted by atomic mass is 9.89. The summed E-state index contributed by atoms with van der Waals surface area (Å²) in [7, 11) is 0. The highest BCUT2D eigenvalue weighted by Crippen LogP contribution is 2.16. The molecule has 1 aliphatic rings. The lowest BCUT2D eigenvalue weighted by Gasteiger charge is -2.36. The molecule has 1 aromatic heterocycles. The molecule has 0 aromatic carbocycles. The third-order valence-electron chi connectivity index (χ3n) is 3.64. The Labute approximate surface area is 107 Å². The van der Waals surface area contributed by atoms with Gasteiger partial charge in [-0.1, -0.05) is 12.1 Å². The van der Waals surface area contributed by atoms with Crippen molar-refractivity contribution < 1.29 is 9.32 Å². The minimum Gasteiger partial charge on any atom is -0.365 e. The maximum absolute atomic E-state index is 11.9. The van der Waals surface area contributed by atoms with Gasteiger partial charge in [0.15, 0.2) is 0 Å². The van der Waals surface area contributed by atoms with Crippen molar-refractivity contribution in [3.05, 3.63) is 18.0 Å². The topological polar surface area (TPSA) is 67.2 Å². The molecule has 2 heterocycles. The van der Waals surface area contributed by atoms with E-state index < -0.39 is 0 Å². The normalized spacial score (nSPS) is 28.0. The monoisotopic (exact) mass is 251 g/mol. The average Bonchev–Trinajstić information content (AvgIpc) is 2.84. The van der Waals surface area contributed by atoms with Crippen LogP contribution < -0.4 is 10.6 Å². The fourth-order valence-corrected chi connectivity index (χ4v) is 2.47. The van der Waals surface area contributed by atoms with Crippen LogP contribution in [0.1, 0.15) is 32.4 Å². The molecular weight excluding hydrogens is 230 g/mol. The van der Waals surface area contributed by atoms with E-state index in [0.717, 1.165) is 18.7 Å². The summed E-state index contributed by atoms with van der Waals surface area (Å²) in [6.45, 7) is 5.35. The molecule has 1 aromatic rings. The molecule has 0 spiro atoms. The lowest BCUT2D eigenvalue weighted by molar-refractivity contribution is -0.122. The van der Waals surface area contributed by atoms with Crippen LogP contribution in [-0.2, 0) is 11.2 Å². The number of nitrogens with zero attached hydrogens (tertiary/aromatic N) is 1. The molecule has 1 aliphatic heterocycles. The number of carbonyl (C=O) groups excluding carboxylic acids is 1. The smallest absolute Gasteiger partial charge is 0.220 e. The summed E-state index contributed by atoms with van der Waals surface area (Å²) in [5.74, 6) is 0.614. The summed E-state index contributed by atoms with van der Waals surface area (Å²) in [5.41, 5.74) is 0.827. The van der Waals surface area contributed by atoms with Crippen LogP contribution in [0.15, 0.2) is 16.9 Å². The summed E-state index contributed by atoms with van der Waals surface area (Å²) in [6.07, 6.45) is 3.73. The zero-order chi connectivity index (χ0) is 13.0. The number of carbonyl (C=O) groups is 1. The number of aryl methyl sites for hydroxylation is 1. The first-order chi connectivity index (χ1) is 8.66. The Morgan fingerprint density at radius 2 is 2.44 bits per heavy atom. The maximum atomic E-state index is 11.9. The average molecular weight is 251 g/mol. The molecule has 1 saturated heterocycles. The van der Waals surface area contributed by atoms with Crippen molar-refractivity contribution in [2.24, 2.45) is 5.92 Å². The molecule has 0 bridgehead atoms. The molecule has 5 nitrogen and oxygen atoms in total. The molecule has 1 amide bonds. The molecule has 100 valence electrons. The van der Waals surface area contributed by atoms with Crippen molar-refractivity contribution in [1.29, 1.82) is 0 Å². The van der Waals surface area contributed by atoms with Gasteiger partial charge in [-0.05, 0) is 25.8 Å². The molecule has 0 radical (unpaired) electrons. The zero-order valence-electron chi connectivity index (χ0n) is 11.0. The molecule has 2 rings (SSSR count). The van der Waals surface area contributed by atoms with Gasteiger partial charge in [0.1, 0.15) is 6.26 Å². The summed E-state index contributed by atoms with van der Waals surface area (Å²) in [4.78, 5) is 11.9. The number of rotatable bonds is 4. The molecule has 0 aliphatic carbocycles. The van der Waals surface area contributed by atoms with Crippen LogP contribution in [0, 0.1) is 5.92 Å². The molecule has 18 heavy (non-hydrogen) atoms. The number of amides is 1. The first-order valence-electron chi connectivity index (χ1n) is 6.59. The van der Waals surface area contributed by atoms with Crippen LogP contribution in [0.4, 0.5) is 0 Å². The van der Waals surface area contributed by atoms with Gasteiger partial charge in [0.25, 0.3) is 0 Å². The van der Waals surface area contributed by atoms with Gasteiger partial charge in [-0.3, -0.25) is 4.79 Å². The Morgan fingerprint density at radius 3 is 3.11 bits per heavy atom. The number of hydrogen-bond donors (Lipinski definition) is 2. The van der Waals surface area contributed by atoms with Gasteiger partial charge in [0.2, 0.25) is 5.91 Å². The van der Waals surface area contributed by atoms with Gasteiger partial charge < -0.3 is 15.2 Å². The number of piperidine rings is 1. The van der Waals surface area contributed by atoms with Gasteiger partial charge in [-0.2, -0.15) is 0 Å². The Morgan fingerprint density at radius 1 is 1.61 bits per heavy atom. The highest BCUT2D eigenvalue weighted by molar-refractivity contribution is 5.76. The van der Waals surface area contributed by atoms with Crippen molar-refractivity contribution >= 4 is 5.91 Å². The fourth-order valence-electron chi connectivity index (χ4n) is 2.47. The van der Waals surface area contributed by atoms with E-state index in [2.05, 4.69) is 29.6 Å². The number of hydrogen-bond acceptors (Lipinski definition) is 4. The molecule has 2 N–H and O–H groups in total. The molecular formula is C13H21N3O2. The van der Waals surface area contributed by atoms with Gasteiger partial charge in [0.05, 0.1) is 5.69 Å². The van der Waals surface area contributed by atoms with Gasteiger partial charge in [-0.25, -0.2) is 0 Å². The first kappa shape index (κ1) is 13.1. The van der Waals surface area contributed by atoms with Gasteiger partial charge >= 0.3 is 0 Å². The summed E-state index contributed by atoms with van der Waals surface area (Å²) in [6, 6.07) is 2.36. The van der Waals surface area contributed by atoms with Crippen molar-refractivity contribution in [3.63, 3.8) is 0 Å². The van der Waals surface area contributed by atoms with Gasteiger partial charge in [0, 0.05) is 31.0 Å². The third kappa shape index (κ3) is 3.32. The third-order valence-corrected chi connectivity index (χ3v) is 3.64. The lowest BCUT2D eigenvalue weighted by Crippen LogP contribution is -2.55. The summed E-state index contributed by atoms with van der Waals surface area (Å²) >= 11 is 0. The van der Waals surface area contributed by atoms with E-state index in [1.165, 1.54) is 6.26 Å². The predicted molar refractivity (Wildman–Crippen MR) is 68.0 cm³/mol. The predicted octanol–water partition coefficient (Wildman–Crippen LogP) is 1.11. The molecule has 3 atom stereocenters. The second-order valence-corrected chi connectivity index (χ2v) is 5.09. The van der Waals surface area contributed by atoms with Crippen LogP contribution in [0.2, 0.25) is 0 Å². The number of aromatic nitrogens is 1. The molecule has 1 fully saturated rings. The van der Waals surface area contributed by atoms with E-state index in [0.29, 0.717) is 24.8 Å². The van der Waals surface area contributed by atoms with Crippen LogP contribution in [-0.4, -0.2) is 29.7 Å². The maximum Gasteiger partial charge on any atom is 0.220 e. The largest absolute Gasteiger partial charge is 0.365 e. The first-order valence-corrected chi connectivity index (χ1v) is 6.59. The standard InChI is InChI=1S/C13H21N3O2/c1-9-5-7-14-10(2)13(9)15-12(17)4-3-11-6-8-18-16-11/h6,8-10,13-14H,3-5,7H2,1-2H3,(H,15,17). The molecule has 5 heteroatoms. The highest BCUT2D eigenvalue weighted by Gasteiger charge is 2.28. The van der Waals surface area contributed by atoms with Crippen LogP contribution in [0.3, 0.4) is 0 Å². The Hall–Kier alpha value is -1.36. The van der Waals surface area contributed by atoms with E-state index in [-0.39, 0.29) is 11.9 Å². The minimum absolute atomic E-state index is 0.0883. The quantitative estimate of drug-likeness (QED) is 0.841. The van der Waals surface area contributed by atoms with Crippen molar-refractivity contribution in [1.82, 2.24) is 15.8 Å². The highest BCUT2D eigenvalue weighted by atomic mass is 16.5. The second-order valence-electron chi connectivity index (χ2n) is 5.09. The Kier molecular flexibility index (Phi) is 4.36. The van der Waals surface area contributed by atoms with Crippen LogP contribution >= 0.6 is 0 Å². The van der Waals surface area contributed by atoms with Crippen LogP contribution in [0.5, 0.6) is 0 Å². The number of nitrogens with one attached hydrogen (secondary N) is 2. The SMILES string of the molecule is CC1CCNC(C)C1NC(=O)CCc1ccon1.